The lowest BCUT2D eigenvalue weighted by molar-refractivity contribution is -0.119. The number of anilines is 1. The molecule has 0 spiro atoms. The zero-order valence-corrected chi connectivity index (χ0v) is 14.3. The van der Waals surface area contributed by atoms with Crippen LogP contribution in [0.4, 0.5) is 5.69 Å². The Labute approximate surface area is 147 Å². The minimum Gasteiger partial charge on any atom is -0.348 e. The molecule has 1 fully saturated rings. The highest BCUT2D eigenvalue weighted by Gasteiger charge is 2.23. The Balaban J connectivity index is 1.66. The number of amides is 2. The molecule has 2 aromatic carbocycles. The van der Waals surface area contributed by atoms with E-state index >= 15 is 0 Å². The Morgan fingerprint density at radius 1 is 1.16 bits per heavy atom. The van der Waals surface area contributed by atoms with Crippen molar-refractivity contribution in [3.8, 4) is 0 Å². The van der Waals surface area contributed by atoms with Gasteiger partial charge in [0.25, 0.3) is 5.91 Å². The first kappa shape index (κ1) is 17.2. The summed E-state index contributed by atoms with van der Waals surface area (Å²) in [6.45, 7) is 4.02. The van der Waals surface area contributed by atoms with Crippen molar-refractivity contribution in [3.05, 3.63) is 65.2 Å². The van der Waals surface area contributed by atoms with Gasteiger partial charge in [-0.25, -0.2) is 0 Å². The molecule has 3 N–H and O–H groups in total. The maximum absolute atomic E-state index is 12.6. The van der Waals surface area contributed by atoms with Gasteiger partial charge in [0.05, 0.1) is 17.2 Å². The Kier molecular flexibility index (Phi) is 5.46. The fraction of sp³-hybridized carbons (Fsp3) is 0.300. The Bertz CT molecular complexity index is 767. The van der Waals surface area contributed by atoms with Gasteiger partial charge in [0.1, 0.15) is 0 Å². The van der Waals surface area contributed by atoms with Crippen molar-refractivity contribution >= 4 is 17.5 Å². The smallest absolute Gasteiger partial charge is 0.253 e. The van der Waals surface area contributed by atoms with Crippen molar-refractivity contribution in [2.45, 2.75) is 19.9 Å². The monoisotopic (exact) mass is 337 g/mol. The molecule has 1 heterocycles. The van der Waals surface area contributed by atoms with Crippen LogP contribution in [0.2, 0.25) is 0 Å². The molecule has 1 aliphatic rings. The van der Waals surface area contributed by atoms with E-state index in [2.05, 4.69) is 16.0 Å². The van der Waals surface area contributed by atoms with Gasteiger partial charge in [0.2, 0.25) is 5.91 Å². The Morgan fingerprint density at radius 3 is 2.76 bits per heavy atom. The predicted octanol–water partition coefficient (Wildman–Crippen LogP) is 2.47. The van der Waals surface area contributed by atoms with Crippen molar-refractivity contribution in [1.82, 2.24) is 10.6 Å². The molecule has 2 amide bonds. The number of para-hydroxylation sites is 1. The quantitative estimate of drug-likeness (QED) is 0.785. The number of nitrogens with one attached hydrogen (secondary N) is 3. The highest BCUT2D eigenvalue weighted by atomic mass is 16.2. The van der Waals surface area contributed by atoms with Gasteiger partial charge in [-0.2, -0.15) is 0 Å². The summed E-state index contributed by atoms with van der Waals surface area (Å²) in [4.78, 5) is 24.9. The van der Waals surface area contributed by atoms with Crippen LogP contribution in [0.3, 0.4) is 0 Å². The van der Waals surface area contributed by atoms with E-state index in [9.17, 15) is 9.59 Å². The summed E-state index contributed by atoms with van der Waals surface area (Å²) in [6, 6.07) is 15.1. The molecule has 130 valence electrons. The average Bonchev–Trinajstić information content (AvgIpc) is 3.15. The van der Waals surface area contributed by atoms with Crippen molar-refractivity contribution in [2.75, 3.05) is 18.4 Å². The third kappa shape index (κ3) is 4.45. The summed E-state index contributed by atoms with van der Waals surface area (Å²) >= 11 is 0. The highest BCUT2D eigenvalue weighted by Crippen LogP contribution is 2.18. The zero-order chi connectivity index (χ0) is 17.6. The molecule has 1 saturated heterocycles. The molecule has 0 saturated carbocycles. The largest absolute Gasteiger partial charge is 0.348 e. The minimum absolute atomic E-state index is 0.0380. The van der Waals surface area contributed by atoms with Crippen molar-refractivity contribution in [1.29, 1.82) is 0 Å². The van der Waals surface area contributed by atoms with Crippen LogP contribution in [0.5, 0.6) is 0 Å². The van der Waals surface area contributed by atoms with Crippen LogP contribution in [0, 0.1) is 12.8 Å². The molecule has 0 bridgehead atoms. The molecule has 3 rings (SSSR count). The van der Waals surface area contributed by atoms with Crippen LogP contribution < -0.4 is 16.0 Å². The van der Waals surface area contributed by atoms with Gasteiger partial charge in [-0.1, -0.05) is 42.0 Å². The second-order valence-electron chi connectivity index (χ2n) is 6.40. The van der Waals surface area contributed by atoms with Gasteiger partial charge in [0.15, 0.2) is 0 Å². The van der Waals surface area contributed by atoms with E-state index < -0.39 is 0 Å². The fourth-order valence-electron chi connectivity index (χ4n) is 3.00. The van der Waals surface area contributed by atoms with Crippen LogP contribution in [-0.4, -0.2) is 24.9 Å². The molecule has 5 heteroatoms. The second-order valence-corrected chi connectivity index (χ2v) is 6.40. The zero-order valence-electron chi connectivity index (χ0n) is 14.3. The maximum Gasteiger partial charge on any atom is 0.253 e. The third-order valence-electron chi connectivity index (χ3n) is 4.40. The average molecular weight is 337 g/mol. The molecule has 0 unspecified atom stereocenters. The summed E-state index contributed by atoms with van der Waals surface area (Å²) in [5.41, 5.74) is 3.24. The number of rotatable bonds is 5. The molecular weight excluding hydrogens is 314 g/mol. The summed E-state index contributed by atoms with van der Waals surface area (Å²) in [5, 5.41) is 9.00. The third-order valence-corrected chi connectivity index (χ3v) is 4.40. The lowest BCUT2D eigenvalue weighted by Crippen LogP contribution is -2.28. The second kappa shape index (κ2) is 7.94. The molecule has 2 aromatic rings. The van der Waals surface area contributed by atoms with Crippen molar-refractivity contribution < 1.29 is 9.59 Å². The number of hydrogen-bond acceptors (Lipinski definition) is 3. The number of carbonyl (C=O) groups is 2. The van der Waals surface area contributed by atoms with E-state index in [1.54, 1.807) is 18.2 Å². The van der Waals surface area contributed by atoms with Gasteiger partial charge < -0.3 is 16.0 Å². The van der Waals surface area contributed by atoms with Crippen LogP contribution in [0.25, 0.3) is 0 Å². The standard InChI is InChI=1S/C20H23N3O2/c1-14-5-4-6-15(11-14)12-22-20(25)17-7-2-3-8-18(17)23-19(24)16-9-10-21-13-16/h2-8,11,16,21H,9-10,12-13H2,1H3,(H,22,25)(H,23,24)/t16-/m0/s1. The molecular formula is C20H23N3O2. The molecule has 0 aliphatic carbocycles. The topological polar surface area (TPSA) is 70.2 Å². The Hall–Kier alpha value is -2.66. The first-order valence-corrected chi connectivity index (χ1v) is 8.58. The number of benzene rings is 2. The van der Waals surface area contributed by atoms with E-state index in [1.807, 2.05) is 37.3 Å². The fourth-order valence-corrected chi connectivity index (χ4v) is 3.00. The van der Waals surface area contributed by atoms with Crippen molar-refractivity contribution in [2.24, 2.45) is 5.92 Å². The van der Waals surface area contributed by atoms with Crippen LogP contribution in [0.1, 0.15) is 27.9 Å². The number of aryl methyl sites for hydroxylation is 1. The maximum atomic E-state index is 12.6. The normalized spacial score (nSPS) is 16.4. The van der Waals surface area contributed by atoms with Gasteiger partial charge in [-0.15, -0.1) is 0 Å². The van der Waals surface area contributed by atoms with E-state index in [4.69, 9.17) is 0 Å². The minimum atomic E-state index is -0.193. The van der Waals surface area contributed by atoms with E-state index in [0.29, 0.717) is 24.3 Å². The van der Waals surface area contributed by atoms with Crippen LogP contribution in [-0.2, 0) is 11.3 Å². The van der Waals surface area contributed by atoms with Gasteiger partial charge in [0, 0.05) is 13.1 Å². The van der Waals surface area contributed by atoms with Crippen molar-refractivity contribution in [3.63, 3.8) is 0 Å². The van der Waals surface area contributed by atoms with E-state index in [1.165, 1.54) is 0 Å². The lowest BCUT2D eigenvalue weighted by atomic mass is 10.1. The molecule has 1 atom stereocenters. The van der Waals surface area contributed by atoms with Gasteiger partial charge in [-0.3, -0.25) is 9.59 Å². The van der Waals surface area contributed by atoms with Gasteiger partial charge >= 0.3 is 0 Å². The molecule has 0 radical (unpaired) electrons. The van der Waals surface area contributed by atoms with E-state index in [-0.39, 0.29) is 17.7 Å². The first-order valence-electron chi connectivity index (χ1n) is 8.58. The molecule has 5 nitrogen and oxygen atoms in total. The molecule has 25 heavy (non-hydrogen) atoms. The molecule has 0 aromatic heterocycles. The summed E-state index contributed by atoms with van der Waals surface area (Å²) in [6.07, 6.45) is 0.827. The lowest BCUT2D eigenvalue weighted by Gasteiger charge is -2.14. The SMILES string of the molecule is Cc1cccc(CNC(=O)c2ccccc2NC(=O)[C@H]2CCNC2)c1. The molecule has 1 aliphatic heterocycles. The van der Waals surface area contributed by atoms with Gasteiger partial charge in [-0.05, 0) is 37.6 Å². The summed E-state index contributed by atoms with van der Waals surface area (Å²) in [5.74, 6) is -0.269. The Morgan fingerprint density at radius 2 is 2.00 bits per heavy atom. The van der Waals surface area contributed by atoms with Crippen LogP contribution in [0.15, 0.2) is 48.5 Å². The summed E-state index contributed by atoms with van der Waals surface area (Å²) < 4.78 is 0. The number of hydrogen-bond donors (Lipinski definition) is 3. The first-order chi connectivity index (χ1) is 12.1. The van der Waals surface area contributed by atoms with Crippen LogP contribution >= 0.6 is 0 Å². The van der Waals surface area contributed by atoms with E-state index in [0.717, 1.165) is 24.1 Å². The summed E-state index contributed by atoms with van der Waals surface area (Å²) in [7, 11) is 0. The highest BCUT2D eigenvalue weighted by molar-refractivity contribution is 6.04. The predicted molar refractivity (Wildman–Crippen MR) is 98.4 cm³/mol. The number of carbonyl (C=O) groups excluding carboxylic acids is 2.